The Kier molecular flexibility index (Phi) is 6.60. The molecule has 1 heterocycles. The van der Waals surface area contributed by atoms with Crippen molar-refractivity contribution >= 4 is 28.3 Å². The Hall–Kier alpha value is -4.57. The van der Waals surface area contributed by atoms with Crippen LogP contribution >= 0.6 is 0 Å². The number of nitro benzene ring substituents is 1. The SMILES string of the molecule is COc1ccc(-c2ccc3c(NCCC(=O)NO)nc(-c4ccccc4[N+](=O)[O-])nc3c2)cc1. The van der Waals surface area contributed by atoms with Gasteiger partial charge in [-0.15, -0.1) is 0 Å². The maximum Gasteiger partial charge on any atom is 0.280 e. The van der Waals surface area contributed by atoms with E-state index in [-0.39, 0.29) is 30.0 Å². The van der Waals surface area contributed by atoms with Gasteiger partial charge in [0.2, 0.25) is 5.91 Å². The molecule has 0 radical (unpaired) electrons. The van der Waals surface area contributed by atoms with E-state index < -0.39 is 10.8 Å². The second kappa shape index (κ2) is 9.92. The molecule has 1 aromatic heterocycles. The lowest BCUT2D eigenvalue weighted by atomic mass is 10.0. The first-order valence-electron chi connectivity index (χ1n) is 10.4. The molecule has 10 heteroatoms. The molecule has 10 nitrogen and oxygen atoms in total. The summed E-state index contributed by atoms with van der Waals surface area (Å²) in [6.07, 6.45) is 0.00669. The zero-order valence-electron chi connectivity index (χ0n) is 18.2. The number of aromatic nitrogens is 2. The number of amides is 1. The topological polar surface area (TPSA) is 140 Å². The number of ether oxygens (including phenoxy) is 1. The summed E-state index contributed by atoms with van der Waals surface area (Å²) < 4.78 is 5.22. The molecule has 1 amide bonds. The molecule has 0 spiro atoms. The summed E-state index contributed by atoms with van der Waals surface area (Å²) in [6, 6.07) is 19.5. The van der Waals surface area contributed by atoms with Crippen LogP contribution in [-0.2, 0) is 4.79 Å². The number of carbonyl (C=O) groups is 1. The Bertz CT molecular complexity index is 1360. The second-order valence-electron chi connectivity index (χ2n) is 7.34. The molecule has 3 N–H and O–H groups in total. The Morgan fingerprint density at radius 3 is 2.50 bits per heavy atom. The fraction of sp³-hybridized carbons (Fsp3) is 0.125. The number of hydrogen-bond donors (Lipinski definition) is 3. The van der Waals surface area contributed by atoms with Crippen LogP contribution in [-0.4, -0.2) is 39.7 Å². The minimum atomic E-state index is -0.549. The number of nitro groups is 1. The summed E-state index contributed by atoms with van der Waals surface area (Å²) in [5.74, 6) is 0.793. The second-order valence-corrected chi connectivity index (χ2v) is 7.34. The zero-order valence-corrected chi connectivity index (χ0v) is 18.2. The molecule has 3 aromatic carbocycles. The summed E-state index contributed by atoms with van der Waals surface area (Å²) in [5.41, 5.74) is 4.17. The molecular weight excluding hydrogens is 438 g/mol. The van der Waals surface area contributed by atoms with Gasteiger partial charge >= 0.3 is 0 Å². The van der Waals surface area contributed by atoms with Gasteiger partial charge in [-0.25, -0.2) is 15.4 Å². The van der Waals surface area contributed by atoms with Crippen molar-refractivity contribution in [1.29, 1.82) is 0 Å². The minimum absolute atomic E-state index is 0.00669. The molecule has 0 unspecified atom stereocenters. The highest BCUT2D eigenvalue weighted by Gasteiger charge is 2.19. The van der Waals surface area contributed by atoms with E-state index in [1.54, 1.807) is 30.8 Å². The van der Waals surface area contributed by atoms with Gasteiger partial charge in [-0.2, -0.15) is 0 Å². The van der Waals surface area contributed by atoms with Gasteiger partial charge in [0.25, 0.3) is 5.69 Å². The summed E-state index contributed by atoms with van der Waals surface area (Å²) in [4.78, 5) is 31.7. The molecule has 0 aliphatic heterocycles. The van der Waals surface area contributed by atoms with Gasteiger partial charge in [0.1, 0.15) is 11.6 Å². The molecule has 4 aromatic rings. The van der Waals surface area contributed by atoms with Gasteiger partial charge in [-0.05, 0) is 41.5 Å². The number of nitrogens with zero attached hydrogens (tertiary/aromatic N) is 3. The number of para-hydroxylation sites is 1. The summed E-state index contributed by atoms with van der Waals surface area (Å²) in [6.45, 7) is 0.190. The lowest BCUT2D eigenvalue weighted by Crippen LogP contribution is -2.21. The minimum Gasteiger partial charge on any atom is -0.497 e. The Morgan fingerprint density at radius 1 is 1.06 bits per heavy atom. The van der Waals surface area contributed by atoms with Crippen LogP contribution in [0, 0.1) is 10.1 Å². The van der Waals surface area contributed by atoms with Crippen LogP contribution in [0.15, 0.2) is 66.7 Å². The average Bonchev–Trinajstić information content (AvgIpc) is 2.88. The first-order chi connectivity index (χ1) is 16.5. The van der Waals surface area contributed by atoms with Crippen molar-refractivity contribution in [3.63, 3.8) is 0 Å². The maximum absolute atomic E-state index is 11.6. The maximum atomic E-state index is 11.6. The molecule has 172 valence electrons. The first-order valence-corrected chi connectivity index (χ1v) is 10.4. The van der Waals surface area contributed by atoms with E-state index in [1.807, 2.05) is 42.5 Å². The van der Waals surface area contributed by atoms with Gasteiger partial charge in [0, 0.05) is 24.4 Å². The van der Waals surface area contributed by atoms with E-state index in [1.165, 1.54) is 6.07 Å². The molecule has 0 aliphatic carbocycles. The Morgan fingerprint density at radius 2 is 1.79 bits per heavy atom. The molecule has 0 saturated carbocycles. The van der Waals surface area contributed by atoms with Crippen LogP contribution in [0.4, 0.5) is 11.5 Å². The number of fused-ring (bicyclic) bond motifs is 1. The summed E-state index contributed by atoms with van der Waals surface area (Å²) >= 11 is 0. The highest BCUT2D eigenvalue weighted by Crippen LogP contribution is 2.33. The fourth-order valence-corrected chi connectivity index (χ4v) is 3.52. The van der Waals surface area contributed by atoms with E-state index in [0.717, 1.165) is 16.9 Å². The van der Waals surface area contributed by atoms with Crippen molar-refractivity contribution in [1.82, 2.24) is 15.4 Å². The van der Waals surface area contributed by atoms with Crippen LogP contribution in [0.2, 0.25) is 0 Å². The van der Waals surface area contributed by atoms with Gasteiger partial charge in [-0.3, -0.25) is 20.1 Å². The number of hydrogen-bond acceptors (Lipinski definition) is 8. The summed E-state index contributed by atoms with van der Waals surface area (Å²) in [7, 11) is 1.60. The van der Waals surface area contributed by atoms with Crippen LogP contribution in [0.5, 0.6) is 5.75 Å². The van der Waals surface area contributed by atoms with Crippen LogP contribution in [0.3, 0.4) is 0 Å². The molecule has 0 atom stereocenters. The van der Waals surface area contributed by atoms with Crippen molar-refractivity contribution < 1.29 is 19.7 Å². The largest absolute Gasteiger partial charge is 0.497 e. The smallest absolute Gasteiger partial charge is 0.280 e. The number of nitrogens with one attached hydrogen (secondary N) is 2. The van der Waals surface area contributed by atoms with Gasteiger partial charge in [0.05, 0.1) is 23.1 Å². The fourth-order valence-electron chi connectivity index (χ4n) is 3.52. The molecule has 0 saturated heterocycles. The van der Waals surface area contributed by atoms with Crippen LogP contribution < -0.4 is 15.5 Å². The normalized spacial score (nSPS) is 10.6. The Labute approximate surface area is 194 Å². The number of hydroxylamine groups is 1. The number of anilines is 1. The van der Waals surface area contributed by atoms with E-state index in [4.69, 9.17) is 9.94 Å². The van der Waals surface area contributed by atoms with Gasteiger partial charge in [-0.1, -0.05) is 30.3 Å². The molecule has 0 fully saturated rings. The van der Waals surface area contributed by atoms with Gasteiger partial charge < -0.3 is 10.1 Å². The van der Waals surface area contributed by atoms with E-state index in [9.17, 15) is 14.9 Å². The van der Waals surface area contributed by atoms with Crippen molar-refractivity contribution in [3.05, 3.63) is 76.8 Å². The zero-order chi connectivity index (χ0) is 24.1. The third-order valence-corrected chi connectivity index (χ3v) is 5.23. The first kappa shape index (κ1) is 22.6. The monoisotopic (exact) mass is 459 g/mol. The van der Waals surface area contributed by atoms with E-state index in [0.29, 0.717) is 16.7 Å². The standard InChI is InChI=1S/C24H21N5O5/c1-34-17-9-6-15(7-10-17)16-8-11-18-20(14-16)26-24(19-4-2-3-5-21(19)29(32)33)27-23(18)25-13-12-22(30)28-31/h2-11,14,31H,12-13H2,1H3,(H,28,30)(H,25,26,27). The van der Waals surface area contributed by atoms with Gasteiger partial charge in [0.15, 0.2) is 5.82 Å². The highest BCUT2D eigenvalue weighted by atomic mass is 16.6. The van der Waals surface area contributed by atoms with Crippen LogP contribution in [0.1, 0.15) is 6.42 Å². The Balaban J connectivity index is 1.82. The number of carbonyl (C=O) groups excluding carboxylic acids is 1. The molecule has 0 aliphatic rings. The number of rotatable bonds is 8. The number of benzene rings is 3. The third-order valence-electron chi connectivity index (χ3n) is 5.23. The molecule has 4 rings (SSSR count). The predicted octanol–water partition coefficient (Wildman–Crippen LogP) is 4.19. The molecule has 34 heavy (non-hydrogen) atoms. The van der Waals surface area contributed by atoms with Crippen molar-refractivity contribution in [2.45, 2.75) is 6.42 Å². The van der Waals surface area contributed by atoms with E-state index >= 15 is 0 Å². The predicted molar refractivity (Wildman–Crippen MR) is 127 cm³/mol. The lowest BCUT2D eigenvalue weighted by molar-refractivity contribution is -0.384. The molecular formula is C24H21N5O5. The quantitative estimate of drug-likeness (QED) is 0.202. The highest BCUT2D eigenvalue weighted by molar-refractivity contribution is 5.94. The average molecular weight is 459 g/mol. The van der Waals surface area contributed by atoms with Crippen molar-refractivity contribution in [3.8, 4) is 28.3 Å². The van der Waals surface area contributed by atoms with Crippen molar-refractivity contribution in [2.75, 3.05) is 19.0 Å². The number of methoxy groups -OCH3 is 1. The molecule has 0 bridgehead atoms. The summed E-state index contributed by atoms with van der Waals surface area (Å²) in [5, 5.41) is 24.1. The lowest BCUT2D eigenvalue weighted by Gasteiger charge is -2.12. The van der Waals surface area contributed by atoms with Crippen molar-refractivity contribution in [2.24, 2.45) is 0 Å². The van der Waals surface area contributed by atoms with Crippen LogP contribution in [0.25, 0.3) is 33.4 Å². The van der Waals surface area contributed by atoms with E-state index in [2.05, 4.69) is 15.3 Å². The third kappa shape index (κ3) is 4.76.